The first-order chi connectivity index (χ1) is 10.5. The predicted octanol–water partition coefficient (Wildman–Crippen LogP) is 4.07. The molecule has 1 amide bonds. The number of carbonyl (C=O) groups is 2. The van der Waals surface area contributed by atoms with Crippen LogP contribution in [0.3, 0.4) is 0 Å². The number of thiophene rings is 1. The Bertz CT molecular complexity index is 696. The lowest BCUT2D eigenvalue weighted by atomic mass is 10.1. The summed E-state index contributed by atoms with van der Waals surface area (Å²) in [4.78, 5) is 24.0. The van der Waals surface area contributed by atoms with Gasteiger partial charge < -0.3 is 10.1 Å². The molecule has 4 nitrogen and oxygen atoms in total. The molecular formula is C16H16ClNO3S. The third-order valence-corrected chi connectivity index (χ3v) is 4.49. The molecular weight excluding hydrogens is 322 g/mol. The van der Waals surface area contributed by atoms with Crippen molar-refractivity contribution in [1.29, 1.82) is 0 Å². The van der Waals surface area contributed by atoms with Gasteiger partial charge in [-0.05, 0) is 42.0 Å². The lowest BCUT2D eigenvalue weighted by molar-refractivity contribution is -0.116. The fourth-order valence-electron chi connectivity index (χ4n) is 1.92. The van der Waals surface area contributed by atoms with Crippen LogP contribution in [0.4, 0.5) is 5.69 Å². The molecule has 2 rings (SSSR count). The van der Waals surface area contributed by atoms with Gasteiger partial charge in [0.2, 0.25) is 5.91 Å². The maximum atomic E-state index is 12.0. The van der Waals surface area contributed by atoms with Crippen LogP contribution in [0, 0.1) is 6.92 Å². The highest BCUT2D eigenvalue weighted by molar-refractivity contribution is 7.12. The quantitative estimate of drug-likeness (QED) is 0.837. The number of rotatable bonds is 5. The van der Waals surface area contributed by atoms with Gasteiger partial charge in [0.15, 0.2) is 0 Å². The minimum absolute atomic E-state index is 0.153. The summed E-state index contributed by atoms with van der Waals surface area (Å²) in [7, 11) is 1.31. The molecule has 0 fully saturated rings. The van der Waals surface area contributed by atoms with E-state index in [1.165, 1.54) is 18.4 Å². The molecule has 0 atom stereocenters. The van der Waals surface area contributed by atoms with E-state index in [1.54, 1.807) is 11.4 Å². The number of carbonyl (C=O) groups excluding carboxylic acids is 2. The van der Waals surface area contributed by atoms with Gasteiger partial charge in [0, 0.05) is 11.4 Å². The number of amides is 1. The number of methoxy groups -OCH3 is 1. The molecule has 0 spiro atoms. The summed E-state index contributed by atoms with van der Waals surface area (Å²) in [5.41, 5.74) is 2.50. The van der Waals surface area contributed by atoms with E-state index >= 15 is 0 Å². The Morgan fingerprint density at radius 2 is 2.09 bits per heavy atom. The average Bonchev–Trinajstić information content (AvgIpc) is 2.95. The molecule has 1 heterocycles. The molecule has 1 aromatic heterocycles. The topological polar surface area (TPSA) is 55.4 Å². The lowest BCUT2D eigenvalue weighted by Gasteiger charge is -2.06. The number of ether oxygens (including phenoxy) is 1. The van der Waals surface area contributed by atoms with E-state index in [2.05, 4.69) is 10.1 Å². The summed E-state index contributed by atoms with van der Waals surface area (Å²) in [6.45, 7) is 1.93. The van der Waals surface area contributed by atoms with Crippen molar-refractivity contribution in [3.63, 3.8) is 0 Å². The van der Waals surface area contributed by atoms with Crippen molar-refractivity contribution in [3.8, 4) is 0 Å². The van der Waals surface area contributed by atoms with Crippen LogP contribution in [0.15, 0.2) is 29.6 Å². The number of hydrogen-bond acceptors (Lipinski definition) is 4. The van der Waals surface area contributed by atoms with Crippen molar-refractivity contribution < 1.29 is 14.3 Å². The van der Waals surface area contributed by atoms with Gasteiger partial charge in [-0.3, -0.25) is 4.79 Å². The Hall–Kier alpha value is -1.85. The Labute approximate surface area is 138 Å². The second-order valence-corrected chi connectivity index (χ2v) is 6.11. The fourth-order valence-corrected chi connectivity index (χ4v) is 2.89. The van der Waals surface area contributed by atoms with Crippen LogP contribution in [-0.2, 0) is 16.0 Å². The number of nitrogens with one attached hydrogen (secondary N) is 1. The molecule has 0 aliphatic heterocycles. The van der Waals surface area contributed by atoms with E-state index in [-0.39, 0.29) is 5.91 Å². The van der Waals surface area contributed by atoms with Crippen molar-refractivity contribution in [3.05, 3.63) is 50.7 Å². The van der Waals surface area contributed by atoms with Crippen LogP contribution in [0.2, 0.25) is 5.02 Å². The van der Waals surface area contributed by atoms with Gasteiger partial charge >= 0.3 is 5.97 Å². The molecule has 0 radical (unpaired) electrons. The number of hydrogen-bond donors (Lipinski definition) is 1. The third-order valence-electron chi connectivity index (χ3n) is 3.19. The molecule has 0 aliphatic rings. The zero-order valence-electron chi connectivity index (χ0n) is 12.3. The number of esters is 1. The van der Waals surface area contributed by atoms with Crippen LogP contribution in [0.5, 0.6) is 0 Å². The summed E-state index contributed by atoms with van der Waals surface area (Å²) < 4.78 is 4.68. The van der Waals surface area contributed by atoms with Gasteiger partial charge in [-0.25, -0.2) is 4.79 Å². The van der Waals surface area contributed by atoms with Crippen molar-refractivity contribution >= 4 is 40.5 Å². The van der Waals surface area contributed by atoms with Crippen LogP contribution < -0.4 is 5.32 Å². The minimum Gasteiger partial charge on any atom is -0.465 e. The fraction of sp³-hybridized carbons (Fsp3) is 0.250. The molecule has 0 unspecified atom stereocenters. The second kappa shape index (κ2) is 7.42. The van der Waals surface area contributed by atoms with Gasteiger partial charge in [-0.2, -0.15) is 0 Å². The van der Waals surface area contributed by atoms with Crippen LogP contribution in [0.25, 0.3) is 0 Å². The Kier molecular flexibility index (Phi) is 5.57. The maximum absolute atomic E-state index is 12.0. The van der Waals surface area contributed by atoms with E-state index in [4.69, 9.17) is 11.6 Å². The van der Waals surface area contributed by atoms with E-state index in [0.29, 0.717) is 28.4 Å². The van der Waals surface area contributed by atoms with Crippen molar-refractivity contribution in [2.45, 2.75) is 19.8 Å². The van der Waals surface area contributed by atoms with Gasteiger partial charge in [0.25, 0.3) is 0 Å². The molecule has 0 saturated heterocycles. The minimum atomic E-state index is -0.449. The first kappa shape index (κ1) is 16.5. The SMILES string of the molecule is COC(=O)c1sccc1NC(=O)CCc1ccc(C)c(Cl)c1. The molecule has 0 aliphatic carbocycles. The average molecular weight is 338 g/mol. The summed E-state index contributed by atoms with van der Waals surface area (Å²) in [6.07, 6.45) is 0.902. The molecule has 116 valence electrons. The Morgan fingerprint density at radius 3 is 2.77 bits per heavy atom. The molecule has 1 N–H and O–H groups in total. The smallest absolute Gasteiger partial charge is 0.350 e. The predicted molar refractivity (Wildman–Crippen MR) is 88.8 cm³/mol. The van der Waals surface area contributed by atoms with Gasteiger partial charge in [-0.1, -0.05) is 23.7 Å². The summed E-state index contributed by atoms with van der Waals surface area (Å²) in [5, 5.41) is 5.18. The van der Waals surface area contributed by atoms with Gasteiger partial charge in [0.1, 0.15) is 4.88 Å². The number of benzene rings is 1. The normalized spacial score (nSPS) is 10.3. The Morgan fingerprint density at radius 1 is 1.32 bits per heavy atom. The summed E-state index contributed by atoms with van der Waals surface area (Å²) in [5.74, 6) is -0.601. The van der Waals surface area contributed by atoms with Crippen LogP contribution in [0.1, 0.15) is 27.2 Å². The highest BCUT2D eigenvalue weighted by Crippen LogP contribution is 2.23. The largest absolute Gasteiger partial charge is 0.465 e. The highest BCUT2D eigenvalue weighted by atomic mass is 35.5. The van der Waals surface area contributed by atoms with E-state index < -0.39 is 5.97 Å². The molecule has 6 heteroatoms. The van der Waals surface area contributed by atoms with Crippen LogP contribution in [-0.4, -0.2) is 19.0 Å². The summed E-state index contributed by atoms with van der Waals surface area (Å²) in [6, 6.07) is 7.45. The van der Waals surface area contributed by atoms with Crippen LogP contribution >= 0.6 is 22.9 Å². The molecule has 1 aromatic carbocycles. The van der Waals surface area contributed by atoms with E-state index in [0.717, 1.165) is 11.1 Å². The highest BCUT2D eigenvalue weighted by Gasteiger charge is 2.15. The van der Waals surface area contributed by atoms with Crippen molar-refractivity contribution in [2.24, 2.45) is 0 Å². The first-order valence-electron chi connectivity index (χ1n) is 6.72. The zero-order valence-corrected chi connectivity index (χ0v) is 13.9. The van der Waals surface area contributed by atoms with Crippen molar-refractivity contribution in [1.82, 2.24) is 0 Å². The summed E-state index contributed by atoms with van der Waals surface area (Å²) >= 11 is 7.30. The molecule has 0 saturated carbocycles. The maximum Gasteiger partial charge on any atom is 0.350 e. The zero-order chi connectivity index (χ0) is 16.1. The number of aryl methyl sites for hydroxylation is 2. The van der Waals surface area contributed by atoms with Gasteiger partial charge in [0.05, 0.1) is 12.8 Å². The standard InChI is InChI=1S/C16H16ClNO3S/c1-10-3-4-11(9-12(10)17)5-6-14(19)18-13-7-8-22-15(13)16(20)21-2/h3-4,7-9H,5-6H2,1-2H3,(H,18,19). The molecule has 2 aromatic rings. The third kappa shape index (κ3) is 4.08. The number of halogens is 1. The van der Waals surface area contributed by atoms with E-state index in [9.17, 15) is 9.59 Å². The molecule has 0 bridgehead atoms. The van der Waals surface area contributed by atoms with Gasteiger partial charge in [-0.15, -0.1) is 11.3 Å². The second-order valence-electron chi connectivity index (χ2n) is 4.79. The lowest BCUT2D eigenvalue weighted by Crippen LogP contribution is -2.14. The first-order valence-corrected chi connectivity index (χ1v) is 7.97. The molecule has 22 heavy (non-hydrogen) atoms. The Balaban J connectivity index is 1.95. The number of anilines is 1. The monoisotopic (exact) mass is 337 g/mol. The van der Waals surface area contributed by atoms with Crippen molar-refractivity contribution in [2.75, 3.05) is 12.4 Å². The van der Waals surface area contributed by atoms with E-state index in [1.807, 2.05) is 25.1 Å².